The molecule has 2 aromatic carbocycles. The van der Waals surface area contributed by atoms with E-state index in [9.17, 15) is 0 Å². The van der Waals surface area contributed by atoms with E-state index >= 15 is 0 Å². The molecule has 0 fully saturated rings. The maximum Gasteiger partial charge on any atom is 0.142 e. The molecule has 2 aromatic rings. The van der Waals surface area contributed by atoms with Crippen LogP contribution in [0.3, 0.4) is 0 Å². The molecule has 0 aromatic heterocycles. The van der Waals surface area contributed by atoms with Gasteiger partial charge in [-0.1, -0.05) is 23.2 Å². The number of methoxy groups -OCH3 is 1. The first-order valence-electron chi connectivity index (χ1n) is 5.26. The van der Waals surface area contributed by atoms with Crippen molar-refractivity contribution in [2.24, 2.45) is 0 Å². The molecule has 102 valence electrons. The number of rotatable bonds is 3. The van der Waals surface area contributed by atoms with E-state index in [1.165, 1.54) is 0 Å². The fourth-order valence-corrected chi connectivity index (χ4v) is 1.92. The van der Waals surface area contributed by atoms with Crippen molar-refractivity contribution in [1.29, 1.82) is 0 Å². The molecular weight excluding hydrogens is 307 g/mol. The van der Waals surface area contributed by atoms with E-state index < -0.39 is 0 Å². The number of hydrogen-bond acceptors (Lipinski definition) is 3. The van der Waals surface area contributed by atoms with E-state index in [0.717, 1.165) is 11.4 Å². The number of ether oxygens (including phenoxy) is 1. The molecule has 19 heavy (non-hydrogen) atoms. The molecule has 3 nitrogen and oxygen atoms in total. The van der Waals surface area contributed by atoms with E-state index in [-0.39, 0.29) is 12.4 Å². The van der Waals surface area contributed by atoms with Crippen LogP contribution < -0.4 is 15.8 Å². The zero-order valence-corrected chi connectivity index (χ0v) is 12.4. The number of halogens is 3. The molecule has 0 heterocycles. The van der Waals surface area contributed by atoms with Gasteiger partial charge >= 0.3 is 0 Å². The van der Waals surface area contributed by atoms with Gasteiger partial charge in [0.15, 0.2) is 0 Å². The van der Waals surface area contributed by atoms with Crippen molar-refractivity contribution in [1.82, 2.24) is 0 Å². The lowest BCUT2D eigenvalue weighted by Gasteiger charge is -2.13. The summed E-state index contributed by atoms with van der Waals surface area (Å²) in [5.74, 6) is 0.689. The average Bonchev–Trinajstić information content (AvgIpc) is 2.33. The van der Waals surface area contributed by atoms with Crippen molar-refractivity contribution in [2.45, 2.75) is 0 Å². The van der Waals surface area contributed by atoms with Crippen molar-refractivity contribution in [3.8, 4) is 5.75 Å². The highest BCUT2D eigenvalue weighted by atomic mass is 35.5. The average molecular weight is 320 g/mol. The first-order valence-corrected chi connectivity index (χ1v) is 6.01. The summed E-state index contributed by atoms with van der Waals surface area (Å²) >= 11 is 11.8. The molecule has 0 aliphatic carbocycles. The van der Waals surface area contributed by atoms with Gasteiger partial charge in [0.1, 0.15) is 5.75 Å². The maximum atomic E-state index is 5.96. The second kappa shape index (κ2) is 6.75. The van der Waals surface area contributed by atoms with Crippen LogP contribution >= 0.6 is 35.6 Å². The Morgan fingerprint density at radius 2 is 1.63 bits per heavy atom. The summed E-state index contributed by atoms with van der Waals surface area (Å²) in [6.45, 7) is 0. The lowest BCUT2D eigenvalue weighted by molar-refractivity contribution is 0.417. The van der Waals surface area contributed by atoms with Gasteiger partial charge in [-0.05, 0) is 36.4 Å². The predicted octanol–water partition coefficient (Wildman–Crippen LogP) is 4.75. The van der Waals surface area contributed by atoms with Gasteiger partial charge in [-0.25, -0.2) is 0 Å². The molecule has 2 rings (SSSR count). The van der Waals surface area contributed by atoms with Crippen molar-refractivity contribution in [3.05, 3.63) is 46.4 Å². The monoisotopic (exact) mass is 318 g/mol. The third-order valence-electron chi connectivity index (χ3n) is 2.44. The molecule has 0 radical (unpaired) electrons. The molecule has 0 unspecified atom stereocenters. The van der Waals surface area contributed by atoms with Crippen LogP contribution in [0, 0.1) is 0 Å². The van der Waals surface area contributed by atoms with Gasteiger partial charge in [0, 0.05) is 10.0 Å². The molecular formula is C13H13Cl3N2O. The lowest BCUT2D eigenvalue weighted by atomic mass is 10.2. The molecule has 0 saturated carbocycles. The van der Waals surface area contributed by atoms with Crippen LogP contribution in [0.15, 0.2) is 36.4 Å². The molecule has 0 bridgehead atoms. The highest BCUT2D eigenvalue weighted by molar-refractivity contribution is 6.31. The zero-order chi connectivity index (χ0) is 13.1. The third kappa shape index (κ3) is 3.83. The molecule has 0 atom stereocenters. The second-order valence-electron chi connectivity index (χ2n) is 3.70. The molecule has 0 aliphatic rings. The van der Waals surface area contributed by atoms with Crippen molar-refractivity contribution < 1.29 is 4.74 Å². The van der Waals surface area contributed by atoms with Crippen LogP contribution in [0.2, 0.25) is 10.0 Å². The van der Waals surface area contributed by atoms with Crippen molar-refractivity contribution in [3.63, 3.8) is 0 Å². The standard InChI is InChI=1S/C13H12Cl2N2O.ClH/c1-18-13-5-3-9(15)7-12(13)17-11-4-2-8(14)6-10(11)16;/h2-7,17H,16H2,1H3;1H. The number of nitrogens with two attached hydrogens (primary N) is 1. The van der Waals surface area contributed by atoms with Gasteiger partial charge in [0.25, 0.3) is 0 Å². The highest BCUT2D eigenvalue weighted by Gasteiger charge is 2.06. The van der Waals surface area contributed by atoms with Crippen LogP contribution in [-0.4, -0.2) is 7.11 Å². The molecule has 6 heteroatoms. The summed E-state index contributed by atoms with van der Waals surface area (Å²) in [5, 5.41) is 4.38. The highest BCUT2D eigenvalue weighted by Crippen LogP contribution is 2.33. The number of hydrogen-bond donors (Lipinski definition) is 2. The van der Waals surface area contributed by atoms with Crippen LogP contribution in [0.5, 0.6) is 5.75 Å². The number of nitrogen functional groups attached to an aromatic ring is 1. The van der Waals surface area contributed by atoms with Crippen LogP contribution in [0.4, 0.5) is 17.1 Å². The van der Waals surface area contributed by atoms with E-state index in [2.05, 4.69) is 5.32 Å². The first-order chi connectivity index (χ1) is 8.60. The van der Waals surface area contributed by atoms with Gasteiger partial charge < -0.3 is 15.8 Å². The summed E-state index contributed by atoms with van der Waals surface area (Å²) in [4.78, 5) is 0. The normalized spacial score (nSPS) is 9.63. The Labute approximate surface area is 128 Å². The van der Waals surface area contributed by atoms with Gasteiger partial charge in [-0.3, -0.25) is 0 Å². The van der Waals surface area contributed by atoms with Gasteiger partial charge in [-0.15, -0.1) is 12.4 Å². The molecule has 0 spiro atoms. The Kier molecular flexibility index (Phi) is 5.60. The number of anilines is 3. The smallest absolute Gasteiger partial charge is 0.142 e. The predicted molar refractivity (Wildman–Crippen MR) is 84.4 cm³/mol. The van der Waals surface area contributed by atoms with E-state index in [1.54, 1.807) is 43.5 Å². The van der Waals surface area contributed by atoms with Crippen molar-refractivity contribution >= 4 is 52.7 Å². The Balaban J connectivity index is 0.00000180. The first kappa shape index (κ1) is 15.8. The minimum absolute atomic E-state index is 0. The van der Waals surface area contributed by atoms with Crippen LogP contribution in [-0.2, 0) is 0 Å². The number of benzene rings is 2. The number of nitrogens with one attached hydrogen (secondary N) is 1. The Morgan fingerprint density at radius 1 is 1.00 bits per heavy atom. The van der Waals surface area contributed by atoms with E-state index in [1.807, 2.05) is 0 Å². The minimum atomic E-state index is 0. The fraction of sp³-hybridized carbons (Fsp3) is 0.0769. The zero-order valence-electron chi connectivity index (χ0n) is 10.1. The maximum absolute atomic E-state index is 5.96. The topological polar surface area (TPSA) is 47.3 Å². The largest absolute Gasteiger partial charge is 0.495 e. The van der Waals surface area contributed by atoms with Gasteiger partial charge in [-0.2, -0.15) is 0 Å². The Morgan fingerprint density at radius 3 is 2.26 bits per heavy atom. The van der Waals surface area contributed by atoms with Crippen LogP contribution in [0.25, 0.3) is 0 Å². The van der Waals surface area contributed by atoms with E-state index in [4.69, 9.17) is 33.7 Å². The van der Waals surface area contributed by atoms with Crippen LogP contribution in [0.1, 0.15) is 0 Å². The fourth-order valence-electron chi connectivity index (χ4n) is 1.57. The molecule has 0 aliphatic heterocycles. The third-order valence-corrected chi connectivity index (χ3v) is 2.91. The summed E-state index contributed by atoms with van der Waals surface area (Å²) in [7, 11) is 1.60. The lowest BCUT2D eigenvalue weighted by Crippen LogP contribution is -1.98. The Hall–Kier alpha value is -1.29. The van der Waals surface area contributed by atoms with Gasteiger partial charge in [0.05, 0.1) is 24.2 Å². The molecule has 0 amide bonds. The SMILES string of the molecule is COc1ccc(Cl)cc1Nc1ccc(Cl)cc1N.Cl. The Bertz CT molecular complexity index is 576. The summed E-state index contributed by atoms with van der Waals surface area (Å²) in [6, 6.07) is 10.6. The van der Waals surface area contributed by atoms with E-state index in [0.29, 0.717) is 21.5 Å². The molecule has 0 saturated heterocycles. The van der Waals surface area contributed by atoms with Crippen molar-refractivity contribution in [2.75, 3.05) is 18.2 Å². The molecule has 3 N–H and O–H groups in total. The summed E-state index contributed by atoms with van der Waals surface area (Å²) < 4.78 is 5.25. The quantitative estimate of drug-likeness (QED) is 0.803. The second-order valence-corrected chi connectivity index (χ2v) is 4.57. The summed E-state index contributed by atoms with van der Waals surface area (Å²) in [5.41, 5.74) is 7.94. The minimum Gasteiger partial charge on any atom is -0.495 e. The summed E-state index contributed by atoms with van der Waals surface area (Å²) in [6.07, 6.45) is 0. The van der Waals surface area contributed by atoms with Gasteiger partial charge in [0.2, 0.25) is 0 Å².